The number of anilines is 1. The molecule has 0 aliphatic heterocycles. The highest BCUT2D eigenvalue weighted by Gasteiger charge is 2.31. The average molecular weight is 230 g/mol. The van der Waals surface area contributed by atoms with Crippen LogP contribution in [0, 0.1) is 6.92 Å². The SMILES string of the molecule is Cc1cc2cc(OC(F)(F)F)cc(N)c2[nH]1. The minimum Gasteiger partial charge on any atom is -0.406 e. The van der Waals surface area contributed by atoms with Gasteiger partial charge in [0.15, 0.2) is 0 Å². The summed E-state index contributed by atoms with van der Waals surface area (Å²) in [7, 11) is 0. The summed E-state index contributed by atoms with van der Waals surface area (Å²) in [5.41, 5.74) is 7.28. The maximum Gasteiger partial charge on any atom is 0.573 e. The molecule has 86 valence electrons. The largest absolute Gasteiger partial charge is 0.573 e. The standard InChI is InChI=1S/C10H9F3N2O/c1-5-2-6-3-7(16-10(11,12)13)4-8(14)9(6)15-5/h2-4,15H,14H2,1H3. The normalized spacial score (nSPS) is 12.0. The fraction of sp³-hybridized carbons (Fsp3) is 0.200. The van der Waals surface area contributed by atoms with E-state index >= 15 is 0 Å². The Kier molecular flexibility index (Phi) is 2.22. The maximum atomic E-state index is 12.0. The Morgan fingerprint density at radius 3 is 2.56 bits per heavy atom. The molecule has 1 aromatic carbocycles. The monoisotopic (exact) mass is 230 g/mol. The van der Waals surface area contributed by atoms with Crippen molar-refractivity contribution in [3.8, 4) is 5.75 Å². The Labute approximate surface area is 89.0 Å². The van der Waals surface area contributed by atoms with Crippen molar-refractivity contribution in [1.29, 1.82) is 0 Å². The number of alkyl halides is 3. The molecule has 0 atom stereocenters. The number of hydrogen-bond acceptors (Lipinski definition) is 2. The van der Waals surface area contributed by atoms with Crippen molar-refractivity contribution in [2.45, 2.75) is 13.3 Å². The molecule has 0 fully saturated rings. The zero-order valence-corrected chi connectivity index (χ0v) is 8.35. The molecule has 3 nitrogen and oxygen atoms in total. The highest BCUT2D eigenvalue weighted by atomic mass is 19.4. The highest BCUT2D eigenvalue weighted by molar-refractivity contribution is 5.92. The number of H-pyrrole nitrogens is 1. The maximum absolute atomic E-state index is 12.0. The summed E-state index contributed by atoms with van der Waals surface area (Å²) < 4.78 is 39.8. The smallest absolute Gasteiger partial charge is 0.406 e. The molecule has 1 aromatic heterocycles. The number of ether oxygens (including phenoxy) is 1. The zero-order valence-electron chi connectivity index (χ0n) is 8.35. The minimum atomic E-state index is -4.70. The molecule has 0 unspecified atom stereocenters. The van der Waals surface area contributed by atoms with Crippen LogP contribution in [-0.2, 0) is 0 Å². The Morgan fingerprint density at radius 1 is 1.25 bits per heavy atom. The third-order valence-electron chi connectivity index (χ3n) is 2.10. The molecule has 2 aromatic rings. The third kappa shape index (κ3) is 2.05. The van der Waals surface area contributed by atoms with Crippen LogP contribution in [0.1, 0.15) is 5.69 Å². The number of halogens is 3. The molecule has 6 heteroatoms. The van der Waals surface area contributed by atoms with Crippen molar-refractivity contribution in [1.82, 2.24) is 4.98 Å². The van der Waals surface area contributed by atoms with Gasteiger partial charge in [-0.25, -0.2) is 0 Å². The number of nitrogens with two attached hydrogens (primary N) is 1. The van der Waals surface area contributed by atoms with E-state index in [-0.39, 0.29) is 11.4 Å². The molecule has 0 saturated carbocycles. The van der Waals surface area contributed by atoms with Gasteiger partial charge in [-0.05, 0) is 19.1 Å². The first-order valence-electron chi connectivity index (χ1n) is 4.50. The van der Waals surface area contributed by atoms with Crippen molar-refractivity contribution in [3.05, 3.63) is 23.9 Å². The van der Waals surface area contributed by atoms with Crippen LogP contribution in [0.25, 0.3) is 10.9 Å². The van der Waals surface area contributed by atoms with E-state index in [4.69, 9.17) is 5.73 Å². The van der Waals surface area contributed by atoms with Crippen LogP contribution in [0.15, 0.2) is 18.2 Å². The Hall–Kier alpha value is -1.85. The first-order valence-corrected chi connectivity index (χ1v) is 4.50. The van der Waals surface area contributed by atoms with Crippen LogP contribution in [0.3, 0.4) is 0 Å². The molecular weight excluding hydrogens is 221 g/mol. The minimum absolute atomic E-state index is 0.227. The van der Waals surface area contributed by atoms with Gasteiger partial charge in [-0.2, -0.15) is 0 Å². The number of nitrogen functional groups attached to an aromatic ring is 1. The van der Waals surface area contributed by atoms with Gasteiger partial charge in [-0.1, -0.05) is 0 Å². The number of aromatic nitrogens is 1. The Morgan fingerprint density at radius 2 is 1.94 bits per heavy atom. The Balaban J connectivity index is 2.49. The molecule has 1 heterocycles. The lowest BCUT2D eigenvalue weighted by Crippen LogP contribution is -2.17. The molecule has 0 amide bonds. The second-order valence-corrected chi connectivity index (χ2v) is 3.48. The van der Waals surface area contributed by atoms with E-state index in [0.29, 0.717) is 10.9 Å². The summed E-state index contributed by atoms with van der Waals surface area (Å²) in [6.45, 7) is 1.80. The number of hydrogen-bond donors (Lipinski definition) is 2. The summed E-state index contributed by atoms with van der Waals surface area (Å²) in [5, 5.41) is 0.594. The molecule has 0 spiro atoms. The van der Waals surface area contributed by atoms with Crippen molar-refractivity contribution in [2.24, 2.45) is 0 Å². The van der Waals surface area contributed by atoms with E-state index in [0.717, 1.165) is 11.8 Å². The van der Waals surface area contributed by atoms with Gasteiger partial charge in [-0.3, -0.25) is 0 Å². The summed E-state index contributed by atoms with van der Waals surface area (Å²) >= 11 is 0. The molecule has 16 heavy (non-hydrogen) atoms. The van der Waals surface area contributed by atoms with Crippen molar-refractivity contribution in [3.63, 3.8) is 0 Å². The number of nitrogens with one attached hydrogen (secondary N) is 1. The number of rotatable bonds is 1. The van der Waals surface area contributed by atoms with Crippen molar-refractivity contribution in [2.75, 3.05) is 5.73 Å². The molecule has 0 aliphatic carbocycles. The number of fused-ring (bicyclic) bond motifs is 1. The van der Waals surface area contributed by atoms with Gasteiger partial charge in [0.05, 0.1) is 11.2 Å². The van der Waals surface area contributed by atoms with Crippen LogP contribution < -0.4 is 10.5 Å². The van der Waals surface area contributed by atoms with E-state index < -0.39 is 6.36 Å². The fourth-order valence-corrected chi connectivity index (χ4v) is 1.58. The van der Waals surface area contributed by atoms with Crippen LogP contribution in [0.4, 0.5) is 18.9 Å². The second-order valence-electron chi connectivity index (χ2n) is 3.48. The van der Waals surface area contributed by atoms with Crippen molar-refractivity contribution < 1.29 is 17.9 Å². The van der Waals surface area contributed by atoms with Crippen LogP contribution in [0.5, 0.6) is 5.75 Å². The lowest BCUT2D eigenvalue weighted by molar-refractivity contribution is -0.274. The van der Waals surface area contributed by atoms with Crippen LogP contribution in [-0.4, -0.2) is 11.3 Å². The molecule has 0 aliphatic rings. The van der Waals surface area contributed by atoms with Gasteiger partial charge in [0.25, 0.3) is 0 Å². The first-order chi connectivity index (χ1) is 7.35. The van der Waals surface area contributed by atoms with E-state index in [1.165, 1.54) is 6.07 Å². The lowest BCUT2D eigenvalue weighted by atomic mass is 10.2. The Bertz CT molecular complexity index is 531. The number of aryl methyl sites for hydroxylation is 1. The molecule has 0 bridgehead atoms. The molecule has 3 N–H and O–H groups in total. The molecule has 0 radical (unpaired) electrons. The van der Waals surface area contributed by atoms with Crippen LogP contribution in [0.2, 0.25) is 0 Å². The molecule has 0 saturated heterocycles. The molecule has 2 rings (SSSR count). The highest BCUT2D eigenvalue weighted by Crippen LogP contribution is 2.30. The topological polar surface area (TPSA) is 51.0 Å². The van der Waals surface area contributed by atoms with Gasteiger partial charge in [0.1, 0.15) is 5.75 Å². The predicted molar refractivity (Wildman–Crippen MR) is 54.1 cm³/mol. The quantitative estimate of drug-likeness (QED) is 0.740. The zero-order chi connectivity index (χ0) is 11.9. The fourth-order valence-electron chi connectivity index (χ4n) is 1.58. The van der Waals surface area contributed by atoms with Gasteiger partial charge in [-0.15, -0.1) is 13.2 Å². The second kappa shape index (κ2) is 3.33. The van der Waals surface area contributed by atoms with E-state index in [1.54, 1.807) is 13.0 Å². The summed E-state index contributed by atoms with van der Waals surface area (Å²) in [6.07, 6.45) is -4.70. The average Bonchev–Trinajstić information content (AvgIpc) is 2.42. The summed E-state index contributed by atoms with van der Waals surface area (Å²) in [5.74, 6) is -0.309. The lowest BCUT2D eigenvalue weighted by Gasteiger charge is -2.09. The van der Waals surface area contributed by atoms with E-state index in [2.05, 4.69) is 9.72 Å². The van der Waals surface area contributed by atoms with Gasteiger partial charge in [0.2, 0.25) is 0 Å². The molecular formula is C10H9F3N2O. The van der Waals surface area contributed by atoms with Gasteiger partial charge < -0.3 is 15.5 Å². The first kappa shape index (κ1) is 10.7. The number of benzene rings is 1. The number of aromatic amines is 1. The van der Waals surface area contributed by atoms with Gasteiger partial charge >= 0.3 is 6.36 Å². The third-order valence-corrected chi connectivity index (χ3v) is 2.10. The predicted octanol–water partition coefficient (Wildman–Crippen LogP) is 2.96. The summed E-state index contributed by atoms with van der Waals surface area (Å²) in [4.78, 5) is 2.95. The summed E-state index contributed by atoms with van der Waals surface area (Å²) in [6, 6.07) is 4.14. The van der Waals surface area contributed by atoms with Gasteiger partial charge in [0, 0.05) is 17.1 Å². The van der Waals surface area contributed by atoms with Crippen LogP contribution >= 0.6 is 0 Å². The van der Waals surface area contributed by atoms with E-state index in [9.17, 15) is 13.2 Å². The van der Waals surface area contributed by atoms with E-state index in [1.807, 2.05) is 0 Å². The van der Waals surface area contributed by atoms with Crippen molar-refractivity contribution >= 4 is 16.6 Å².